The molecule has 2 amide bonds. The SMILES string of the molecule is CCCNC(=O)NCC1CCCC1. The van der Waals surface area contributed by atoms with Gasteiger partial charge < -0.3 is 10.6 Å². The molecule has 3 nitrogen and oxygen atoms in total. The van der Waals surface area contributed by atoms with Crippen LogP contribution in [0.15, 0.2) is 0 Å². The highest BCUT2D eigenvalue weighted by molar-refractivity contribution is 5.73. The van der Waals surface area contributed by atoms with E-state index >= 15 is 0 Å². The van der Waals surface area contributed by atoms with Gasteiger partial charge in [0.2, 0.25) is 0 Å². The number of amides is 2. The number of nitrogens with one attached hydrogen (secondary N) is 2. The molecule has 0 saturated heterocycles. The van der Waals surface area contributed by atoms with E-state index in [1.54, 1.807) is 0 Å². The standard InChI is InChI=1S/C10H20N2O/c1-2-7-11-10(13)12-8-9-5-3-4-6-9/h9H,2-8H2,1H3,(H2,11,12,13). The van der Waals surface area contributed by atoms with E-state index in [0.717, 1.165) is 25.4 Å². The molecule has 0 atom stereocenters. The number of rotatable bonds is 4. The summed E-state index contributed by atoms with van der Waals surface area (Å²) in [5.41, 5.74) is 0. The van der Waals surface area contributed by atoms with Gasteiger partial charge in [-0.25, -0.2) is 4.79 Å². The first-order valence-corrected chi connectivity index (χ1v) is 5.34. The first-order chi connectivity index (χ1) is 6.33. The first kappa shape index (κ1) is 10.4. The van der Waals surface area contributed by atoms with Crippen molar-refractivity contribution in [3.8, 4) is 0 Å². The Hall–Kier alpha value is -0.730. The van der Waals surface area contributed by atoms with Crippen LogP contribution in [0.25, 0.3) is 0 Å². The van der Waals surface area contributed by atoms with Gasteiger partial charge in [0.25, 0.3) is 0 Å². The minimum absolute atomic E-state index is 0.00579. The summed E-state index contributed by atoms with van der Waals surface area (Å²) in [4.78, 5) is 11.1. The molecule has 0 bridgehead atoms. The van der Waals surface area contributed by atoms with Gasteiger partial charge in [-0.2, -0.15) is 0 Å². The zero-order valence-electron chi connectivity index (χ0n) is 8.44. The van der Waals surface area contributed by atoms with Gasteiger partial charge in [0.1, 0.15) is 0 Å². The summed E-state index contributed by atoms with van der Waals surface area (Å²) in [5, 5.41) is 5.72. The van der Waals surface area contributed by atoms with Crippen LogP contribution < -0.4 is 10.6 Å². The zero-order chi connectivity index (χ0) is 9.52. The van der Waals surface area contributed by atoms with Crippen molar-refractivity contribution in [2.24, 2.45) is 5.92 Å². The Bertz CT molecular complexity index is 153. The number of hydrogen-bond acceptors (Lipinski definition) is 1. The van der Waals surface area contributed by atoms with Crippen molar-refractivity contribution in [3.63, 3.8) is 0 Å². The molecule has 13 heavy (non-hydrogen) atoms. The lowest BCUT2D eigenvalue weighted by atomic mass is 10.1. The van der Waals surface area contributed by atoms with Crippen LogP contribution in [0.2, 0.25) is 0 Å². The molecular formula is C10H20N2O. The highest BCUT2D eigenvalue weighted by Crippen LogP contribution is 2.23. The molecular weight excluding hydrogens is 164 g/mol. The van der Waals surface area contributed by atoms with Crippen LogP contribution in [-0.2, 0) is 0 Å². The third-order valence-corrected chi connectivity index (χ3v) is 2.56. The summed E-state index contributed by atoms with van der Waals surface area (Å²) < 4.78 is 0. The van der Waals surface area contributed by atoms with E-state index in [1.807, 2.05) is 0 Å². The summed E-state index contributed by atoms with van der Waals surface area (Å²) in [6.07, 6.45) is 6.24. The molecule has 2 N–H and O–H groups in total. The van der Waals surface area contributed by atoms with Gasteiger partial charge in [-0.15, -0.1) is 0 Å². The second-order valence-corrected chi connectivity index (χ2v) is 3.79. The zero-order valence-corrected chi connectivity index (χ0v) is 8.44. The van der Waals surface area contributed by atoms with Crippen molar-refractivity contribution >= 4 is 6.03 Å². The second-order valence-electron chi connectivity index (χ2n) is 3.79. The molecule has 0 unspecified atom stereocenters. The van der Waals surface area contributed by atoms with Crippen LogP contribution in [0.3, 0.4) is 0 Å². The lowest BCUT2D eigenvalue weighted by molar-refractivity contribution is 0.239. The van der Waals surface area contributed by atoms with Crippen molar-refractivity contribution in [2.45, 2.75) is 39.0 Å². The minimum Gasteiger partial charge on any atom is -0.338 e. The van der Waals surface area contributed by atoms with Gasteiger partial charge >= 0.3 is 6.03 Å². The summed E-state index contributed by atoms with van der Waals surface area (Å²) in [6.45, 7) is 3.68. The quantitative estimate of drug-likeness (QED) is 0.688. The van der Waals surface area contributed by atoms with Crippen LogP contribution in [0, 0.1) is 5.92 Å². The average molecular weight is 184 g/mol. The number of urea groups is 1. The Kier molecular flexibility index (Phi) is 4.65. The van der Waals surface area contributed by atoms with Crippen molar-refractivity contribution < 1.29 is 4.79 Å². The molecule has 0 aromatic rings. The van der Waals surface area contributed by atoms with Gasteiger partial charge in [0.05, 0.1) is 0 Å². The fourth-order valence-electron chi connectivity index (χ4n) is 1.75. The average Bonchev–Trinajstić information content (AvgIpc) is 2.64. The molecule has 0 spiro atoms. The van der Waals surface area contributed by atoms with Crippen LogP contribution >= 0.6 is 0 Å². The highest BCUT2D eigenvalue weighted by Gasteiger charge is 2.15. The molecule has 0 aliphatic heterocycles. The van der Waals surface area contributed by atoms with E-state index in [-0.39, 0.29) is 6.03 Å². The van der Waals surface area contributed by atoms with E-state index < -0.39 is 0 Å². The van der Waals surface area contributed by atoms with Crippen molar-refractivity contribution in [2.75, 3.05) is 13.1 Å². The van der Waals surface area contributed by atoms with Crippen molar-refractivity contribution in [1.82, 2.24) is 10.6 Å². The topological polar surface area (TPSA) is 41.1 Å². The van der Waals surface area contributed by atoms with Gasteiger partial charge in [0.15, 0.2) is 0 Å². The third kappa shape index (κ3) is 4.15. The van der Waals surface area contributed by atoms with E-state index in [4.69, 9.17) is 0 Å². The summed E-state index contributed by atoms with van der Waals surface area (Å²) in [7, 11) is 0. The monoisotopic (exact) mass is 184 g/mol. The first-order valence-electron chi connectivity index (χ1n) is 5.34. The molecule has 1 saturated carbocycles. The molecule has 1 fully saturated rings. The Labute approximate surface area is 80.3 Å². The maximum absolute atomic E-state index is 11.1. The molecule has 0 heterocycles. The van der Waals surface area contributed by atoms with Crippen molar-refractivity contribution in [1.29, 1.82) is 0 Å². The normalized spacial score (nSPS) is 17.3. The molecule has 0 radical (unpaired) electrons. The van der Waals surface area contributed by atoms with Crippen LogP contribution in [0.1, 0.15) is 39.0 Å². The van der Waals surface area contributed by atoms with E-state index in [1.165, 1.54) is 25.7 Å². The second kappa shape index (κ2) is 5.84. The molecule has 76 valence electrons. The fraction of sp³-hybridized carbons (Fsp3) is 0.900. The molecule has 0 aromatic carbocycles. The van der Waals surface area contributed by atoms with Gasteiger partial charge in [-0.05, 0) is 25.2 Å². The molecule has 1 aliphatic rings. The highest BCUT2D eigenvalue weighted by atomic mass is 16.2. The molecule has 1 aliphatic carbocycles. The summed E-state index contributed by atoms with van der Waals surface area (Å²) in [5.74, 6) is 0.729. The van der Waals surface area contributed by atoms with E-state index in [9.17, 15) is 4.79 Å². The smallest absolute Gasteiger partial charge is 0.314 e. The Morgan fingerprint density at radius 2 is 2.00 bits per heavy atom. The van der Waals surface area contributed by atoms with E-state index in [2.05, 4.69) is 17.6 Å². The number of carbonyl (C=O) groups excluding carboxylic acids is 1. The number of hydrogen-bond donors (Lipinski definition) is 2. The summed E-state index contributed by atoms with van der Waals surface area (Å²) in [6, 6.07) is -0.00579. The van der Waals surface area contributed by atoms with Gasteiger partial charge in [-0.1, -0.05) is 19.8 Å². The van der Waals surface area contributed by atoms with Crippen LogP contribution in [0.5, 0.6) is 0 Å². The summed E-state index contributed by atoms with van der Waals surface area (Å²) >= 11 is 0. The largest absolute Gasteiger partial charge is 0.338 e. The maximum Gasteiger partial charge on any atom is 0.314 e. The Balaban J connectivity index is 2.00. The predicted molar refractivity (Wildman–Crippen MR) is 53.7 cm³/mol. The van der Waals surface area contributed by atoms with Crippen LogP contribution in [0.4, 0.5) is 4.79 Å². The minimum atomic E-state index is -0.00579. The van der Waals surface area contributed by atoms with Gasteiger partial charge in [-0.3, -0.25) is 0 Å². The Morgan fingerprint density at radius 3 is 2.62 bits per heavy atom. The lowest BCUT2D eigenvalue weighted by Gasteiger charge is -2.10. The molecule has 3 heteroatoms. The molecule has 0 aromatic heterocycles. The Morgan fingerprint density at radius 1 is 1.31 bits per heavy atom. The van der Waals surface area contributed by atoms with Gasteiger partial charge in [0, 0.05) is 13.1 Å². The van der Waals surface area contributed by atoms with E-state index in [0.29, 0.717) is 0 Å². The third-order valence-electron chi connectivity index (χ3n) is 2.56. The van der Waals surface area contributed by atoms with Crippen molar-refractivity contribution in [3.05, 3.63) is 0 Å². The molecule has 1 rings (SSSR count). The number of carbonyl (C=O) groups is 1. The maximum atomic E-state index is 11.1. The fourth-order valence-corrected chi connectivity index (χ4v) is 1.75. The van der Waals surface area contributed by atoms with Crippen LogP contribution in [-0.4, -0.2) is 19.1 Å². The lowest BCUT2D eigenvalue weighted by Crippen LogP contribution is -2.38. The predicted octanol–water partition coefficient (Wildman–Crippen LogP) is 1.89.